The number of carbonyl (C=O) groups excluding carboxylic acids is 1. The summed E-state index contributed by atoms with van der Waals surface area (Å²) in [4.78, 5) is 12.2. The van der Waals surface area contributed by atoms with Gasteiger partial charge in [-0.1, -0.05) is 24.3 Å². The molecule has 0 bridgehead atoms. The van der Waals surface area contributed by atoms with Crippen molar-refractivity contribution in [3.8, 4) is 0 Å². The average molecular weight is 266 g/mol. The Bertz CT molecular complexity index is 649. The SMILES string of the molecule is Cc1ccccc1CNC(=O)c1ccc2c(c1)CCN2. The first-order chi connectivity index (χ1) is 9.74. The molecule has 0 radical (unpaired) electrons. The second-order valence-corrected chi connectivity index (χ2v) is 5.16. The fourth-order valence-electron chi connectivity index (χ4n) is 2.53. The van der Waals surface area contributed by atoms with Crippen molar-refractivity contribution in [3.63, 3.8) is 0 Å². The molecule has 1 aliphatic rings. The minimum atomic E-state index is -0.0112. The number of benzene rings is 2. The molecular weight excluding hydrogens is 248 g/mol. The minimum absolute atomic E-state index is 0.0112. The molecule has 0 spiro atoms. The summed E-state index contributed by atoms with van der Waals surface area (Å²) in [5.41, 5.74) is 5.48. The zero-order chi connectivity index (χ0) is 13.9. The lowest BCUT2D eigenvalue weighted by Crippen LogP contribution is -2.23. The summed E-state index contributed by atoms with van der Waals surface area (Å²) in [6, 6.07) is 14.0. The van der Waals surface area contributed by atoms with Gasteiger partial charge in [-0.05, 0) is 48.2 Å². The van der Waals surface area contributed by atoms with Gasteiger partial charge in [0.25, 0.3) is 5.91 Å². The maximum Gasteiger partial charge on any atom is 0.251 e. The molecule has 2 N–H and O–H groups in total. The molecule has 1 heterocycles. The third kappa shape index (κ3) is 2.52. The fraction of sp³-hybridized carbons (Fsp3) is 0.235. The van der Waals surface area contributed by atoms with E-state index in [2.05, 4.69) is 23.6 Å². The van der Waals surface area contributed by atoms with Crippen LogP contribution < -0.4 is 10.6 Å². The van der Waals surface area contributed by atoms with Crippen molar-refractivity contribution in [1.29, 1.82) is 0 Å². The smallest absolute Gasteiger partial charge is 0.251 e. The van der Waals surface area contributed by atoms with E-state index < -0.39 is 0 Å². The van der Waals surface area contributed by atoms with Gasteiger partial charge in [0.05, 0.1) is 0 Å². The molecule has 0 saturated carbocycles. The normalized spacial score (nSPS) is 12.7. The zero-order valence-electron chi connectivity index (χ0n) is 11.6. The molecule has 3 rings (SSSR count). The van der Waals surface area contributed by atoms with Gasteiger partial charge >= 0.3 is 0 Å². The van der Waals surface area contributed by atoms with Crippen LogP contribution in [0.1, 0.15) is 27.0 Å². The van der Waals surface area contributed by atoms with Gasteiger partial charge in [-0.2, -0.15) is 0 Å². The first-order valence-corrected chi connectivity index (χ1v) is 6.93. The highest BCUT2D eigenvalue weighted by Gasteiger charge is 2.13. The molecule has 2 aromatic carbocycles. The second-order valence-electron chi connectivity index (χ2n) is 5.16. The second kappa shape index (κ2) is 5.37. The molecular formula is C17H18N2O. The van der Waals surface area contributed by atoms with Crippen LogP contribution in [0.2, 0.25) is 0 Å². The number of rotatable bonds is 3. The molecule has 102 valence electrons. The van der Waals surface area contributed by atoms with E-state index in [4.69, 9.17) is 0 Å². The lowest BCUT2D eigenvalue weighted by molar-refractivity contribution is 0.0951. The van der Waals surface area contributed by atoms with E-state index in [9.17, 15) is 4.79 Å². The van der Waals surface area contributed by atoms with Crippen molar-refractivity contribution < 1.29 is 4.79 Å². The number of amides is 1. The quantitative estimate of drug-likeness (QED) is 0.897. The van der Waals surface area contributed by atoms with Crippen LogP contribution in [-0.2, 0) is 13.0 Å². The van der Waals surface area contributed by atoms with E-state index in [0.29, 0.717) is 6.54 Å². The standard InChI is InChI=1S/C17H18N2O/c1-12-4-2-3-5-15(12)11-19-17(20)14-6-7-16-13(10-14)8-9-18-16/h2-7,10,18H,8-9,11H2,1H3,(H,19,20). The number of nitrogens with one attached hydrogen (secondary N) is 2. The number of carbonyl (C=O) groups is 1. The van der Waals surface area contributed by atoms with Crippen molar-refractivity contribution in [2.24, 2.45) is 0 Å². The molecule has 2 aromatic rings. The van der Waals surface area contributed by atoms with Crippen molar-refractivity contribution in [1.82, 2.24) is 5.32 Å². The molecule has 0 fully saturated rings. The maximum absolute atomic E-state index is 12.2. The zero-order valence-corrected chi connectivity index (χ0v) is 11.6. The van der Waals surface area contributed by atoms with Crippen LogP contribution in [0.4, 0.5) is 5.69 Å². The Morgan fingerprint density at radius 2 is 2.10 bits per heavy atom. The van der Waals surface area contributed by atoms with Crippen LogP contribution in [0, 0.1) is 6.92 Å². The molecule has 1 amide bonds. The lowest BCUT2D eigenvalue weighted by Gasteiger charge is -2.09. The highest BCUT2D eigenvalue weighted by molar-refractivity contribution is 5.95. The summed E-state index contributed by atoms with van der Waals surface area (Å²) in [5, 5.41) is 6.29. The number of anilines is 1. The summed E-state index contributed by atoms with van der Waals surface area (Å²) < 4.78 is 0. The van der Waals surface area contributed by atoms with E-state index in [1.54, 1.807) is 0 Å². The van der Waals surface area contributed by atoms with Crippen molar-refractivity contribution in [3.05, 3.63) is 64.7 Å². The average Bonchev–Trinajstić information content (AvgIpc) is 2.93. The molecule has 0 unspecified atom stereocenters. The van der Waals surface area contributed by atoms with Gasteiger partial charge in [0.15, 0.2) is 0 Å². The van der Waals surface area contributed by atoms with Crippen molar-refractivity contribution in [2.75, 3.05) is 11.9 Å². The van der Waals surface area contributed by atoms with Gasteiger partial charge in [-0.15, -0.1) is 0 Å². The van der Waals surface area contributed by atoms with E-state index >= 15 is 0 Å². The summed E-state index contributed by atoms with van der Waals surface area (Å²) in [6.45, 7) is 3.59. The van der Waals surface area contributed by atoms with E-state index in [1.807, 2.05) is 36.4 Å². The molecule has 0 aliphatic carbocycles. The molecule has 3 nitrogen and oxygen atoms in total. The number of hydrogen-bond acceptors (Lipinski definition) is 2. The molecule has 20 heavy (non-hydrogen) atoms. The Kier molecular flexibility index (Phi) is 3.42. The molecule has 3 heteroatoms. The van der Waals surface area contributed by atoms with Crippen LogP contribution in [0.5, 0.6) is 0 Å². The number of hydrogen-bond donors (Lipinski definition) is 2. The van der Waals surface area contributed by atoms with Gasteiger partial charge < -0.3 is 10.6 Å². The summed E-state index contributed by atoms with van der Waals surface area (Å²) >= 11 is 0. The van der Waals surface area contributed by atoms with Gasteiger partial charge in [-0.25, -0.2) is 0 Å². The fourth-order valence-corrected chi connectivity index (χ4v) is 2.53. The monoisotopic (exact) mass is 266 g/mol. The highest BCUT2D eigenvalue weighted by atomic mass is 16.1. The summed E-state index contributed by atoms with van der Waals surface area (Å²) in [7, 11) is 0. The van der Waals surface area contributed by atoms with E-state index in [0.717, 1.165) is 29.8 Å². The largest absolute Gasteiger partial charge is 0.384 e. The third-order valence-corrected chi connectivity index (χ3v) is 3.78. The Balaban J connectivity index is 1.69. The number of fused-ring (bicyclic) bond motifs is 1. The highest BCUT2D eigenvalue weighted by Crippen LogP contribution is 2.22. The Hall–Kier alpha value is -2.29. The van der Waals surface area contributed by atoms with E-state index in [1.165, 1.54) is 11.1 Å². The van der Waals surface area contributed by atoms with E-state index in [-0.39, 0.29) is 5.91 Å². The Morgan fingerprint density at radius 3 is 2.95 bits per heavy atom. The Morgan fingerprint density at radius 1 is 1.25 bits per heavy atom. The first kappa shape index (κ1) is 12.7. The maximum atomic E-state index is 12.2. The lowest BCUT2D eigenvalue weighted by atomic mass is 10.1. The van der Waals surface area contributed by atoms with Crippen LogP contribution in [0.25, 0.3) is 0 Å². The molecule has 0 atom stereocenters. The summed E-state index contributed by atoms with van der Waals surface area (Å²) in [6.07, 6.45) is 0.994. The van der Waals surface area contributed by atoms with Crippen molar-refractivity contribution in [2.45, 2.75) is 19.9 Å². The van der Waals surface area contributed by atoms with Crippen LogP contribution >= 0.6 is 0 Å². The van der Waals surface area contributed by atoms with Gasteiger partial charge in [0.2, 0.25) is 0 Å². The Labute approximate surface area is 119 Å². The van der Waals surface area contributed by atoms with Gasteiger partial charge in [0.1, 0.15) is 0 Å². The topological polar surface area (TPSA) is 41.1 Å². The van der Waals surface area contributed by atoms with Crippen LogP contribution in [0.3, 0.4) is 0 Å². The molecule has 1 aliphatic heterocycles. The number of aryl methyl sites for hydroxylation is 1. The van der Waals surface area contributed by atoms with Crippen LogP contribution in [-0.4, -0.2) is 12.5 Å². The van der Waals surface area contributed by atoms with Gasteiger partial charge in [-0.3, -0.25) is 4.79 Å². The first-order valence-electron chi connectivity index (χ1n) is 6.93. The molecule has 0 saturated heterocycles. The minimum Gasteiger partial charge on any atom is -0.384 e. The summed E-state index contributed by atoms with van der Waals surface area (Å²) in [5.74, 6) is -0.0112. The van der Waals surface area contributed by atoms with Crippen LogP contribution in [0.15, 0.2) is 42.5 Å². The molecule has 0 aromatic heterocycles. The predicted octanol–water partition coefficient (Wildman–Crippen LogP) is 2.89. The van der Waals surface area contributed by atoms with Crippen molar-refractivity contribution >= 4 is 11.6 Å². The predicted molar refractivity (Wildman–Crippen MR) is 81.0 cm³/mol. The van der Waals surface area contributed by atoms with Gasteiger partial charge in [0, 0.05) is 24.3 Å². The third-order valence-electron chi connectivity index (χ3n) is 3.78.